The van der Waals surface area contributed by atoms with Crippen molar-refractivity contribution in [2.45, 2.75) is 0 Å². The van der Waals surface area contributed by atoms with E-state index in [4.69, 9.17) is 23.1 Å². The Balaban J connectivity index is 2.33. The molecule has 0 saturated heterocycles. The number of halogens is 2. The van der Waals surface area contributed by atoms with Crippen LogP contribution < -0.4 is 16.8 Å². The Labute approximate surface area is 114 Å². The molecular weight excluding hydrogens is 269 g/mol. The van der Waals surface area contributed by atoms with Gasteiger partial charge in [-0.25, -0.2) is 4.39 Å². The smallest absolute Gasteiger partial charge is 0.248 e. The molecule has 0 spiro atoms. The number of nitrogens with two attached hydrogens (primary N) is 2. The van der Waals surface area contributed by atoms with E-state index in [0.29, 0.717) is 16.4 Å². The number of hydrogen-bond acceptors (Lipinski definition) is 3. The molecule has 2 aromatic carbocycles. The highest BCUT2D eigenvalue weighted by atomic mass is 35.5. The Morgan fingerprint density at radius 3 is 2.53 bits per heavy atom. The number of amides is 1. The summed E-state index contributed by atoms with van der Waals surface area (Å²) < 4.78 is 13.8. The van der Waals surface area contributed by atoms with Gasteiger partial charge in [0, 0.05) is 11.3 Å². The van der Waals surface area contributed by atoms with E-state index in [0.717, 1.165) is 6.07 Å². The van der Waals surface area contributed by atoms with Crippen LogP contribution in [0.1, 0.15) is 10.4 Å². The molecule has 0 bridgehead atoms. The van der Waals surface area contributed by atoms with Crippen LogP contribution in [0.15, 0.2) is 36.4 Å². The van der Waals surface area contributed by atoms with Crippen LogP contribution in [0.2, 0.25) is 5.02 Å². The fraction of sp³-hybridized carbons (Fsp3) is 0. The van der Waals surface area contributed by atoms with Gasteiger partial charge in [-0.15, -0.1) is 0 Å². The molecule has 2 rings (SSSR count). The average molecular weight is 280 g/mol. The van der Waals surface area contributed by atoms with Crippen molar-refractivity contribution >= 4 is 34.6 Å². The molecule has 1 amide bonds. The summed E-state index contributed by atoms with van der Waals surface area (Å²) in [7, 11) is 0. The lowest BCUT2D eigenvalue weighted by atomic mass is 10.2. The van der Waals surface area contributed by atoms with E-state index >= 15 is 0 Å². The number of carbonyl (C=O) groups excluding carboxylic acids is 1. The number of carbonyl (C=O) groups is 1. The van der Waals surface area contributed by atoms with Crippen LogP contribution in [-0.4, -0.2) is 5.91 Å². The predicted octanol–water partition coefficient (Wildman–Crippen LogP) is 2.90. The summed E-state index contributed by atoms with van der Waals surface area (Å²) in [6.07, 6.45) is 0. The van der Waals surface area contributed by atoms with Crippen molar-refractivity contribution in [2.24, 2.45) is 5.73 Å². The molecule has 5 N–H and O–H groups in total. The first-order valence-corrected chi connectivity index (χ1v) is 5.76. The van der Waals surface area contributed by atoms with Crippen molar-refractivity contribution in [1.29, 1.82) is 0 Å². The minimum Gasteiger partial charge on any atom is -0.399 e. The van der Waals surface area contributed by atoms with E-state index < -0.39 is 11.7 Å². The summed E-state index contributed by atoms with van der Waals surface area (Å²) >= 11 is 5.97. The molecule has 0 saturated carbocycles. The van der Waals surface area contributed by atoms with Gasteiger partial charge < -0.3 is 16.8 Å². The molecule has 98 valence electrons. The van der Waals surface area contributed by atoms with E-state index in [-0.39, 0.29) is 11.3 Å². The van der Waals surface area contributed by atoms with E-state index in [2.05, 4.69) is 5.32 Å². The Morgan fingerprint density at radius 2 is 1.89 bits per heavy atom. The quantitative estimate of drug-likeness (QED) is 0.756. The molecule has 6 heteroatoms. The molecule has 0 atom stereocenters. The Hall–Kier alpha value is -2.27. The molecule has 2 aromatic rings. The number of benzene rings is 2. The molecular formula is C13H11ClFN3O. The third-order valence-corrected chi connectivity index (χ3v) is 2.84. The summed E-state index contributed by atoms with van der Waals surface area (Å²) in [5, 5.41) is 3.22. The third-order valence-electron chi connectivity index (χ3n) is 2.51. The van der Waals surface area contributed by atoms with Crippen LogP contribution in [0, 0.1) is 5.82 Å². The molecule has 0 unspecified atom stereocenters. The van der Waals surface area contributed by atoms with Gasteiger partial charge in [0.2, 0.25) is 5.91 Å². The highest BCUT2D eigenvalue weighted by Gasteiger charge is 2.09. The van der Waals surface area contributed by atoms with Gasteiger partial charge in [0.1, 0.15) is 5.82 Å². The molecule has 0 heterocycles. The van der Waals surface area contributed by atoms with Gasteiger partial charge in [-0.05, 0) is 36.4 Å². The van der Waals surface area contributed by atoms with Crippen molar-refractivity contribution in [2.75, 3.05) is 11.1 Å². The van der Waals surface area contributed by atoms with E-state index in [1.807, 2.05) is 0 Å². The maximum atomic E-state index is 13.8. The molecule has 19 heavy (non-hydrogen) atoms. The van der Waals surface area contributed by atoms with Gasteiger partial charge in [0.05, 0.1) is 16.4 Å². The average Bonchev–Trinajstić information content (AvgIpc) is 2.36. The monoisotopic (exact) mass is 279 g/mol. The Kier molecular flexibility index (Phi) is 3.57. The molecule has 0 aliphatic rings. The van der Waals surface area contributed by atoms with Crippen LogP contribution in [-0.2, 0) is 0 Å². The zero-order valence-corrected chi connectivity index (χ0v) is 10.5. The van der Waals surface area contributed by atoms with Gasteiger partial charge in [0.25, 0.3) is 0 Å². The Bertz CT molecular complexity index is 646. The number of hydrogen-bond donors (Lipinski definition) is 3. The van der Waals surface area contributed by atoms with Crippen molar-refractivity contribution in [3.63, 3.8) is 0 Å². The minimum absolute atomic E-state index is 0.0988. The van der Waals surface area contributed by atoms with Gasteiger partial charge in [-0.1, -0.05) is 11.6 Å². The fourth-order valence-electron chi connectivity index (χ4n) is 1.55. The first kappa shape index (κ1) is 13.2. The Morgan fingerprint density at radius 1 is 1.16 bits per heavy atom. The maximum absolute atomic E-state index is 13.8. The molecule has 0 aliphatic heterocycles. The van der Waals surface area contributed by atoms with Crippen LogP contribution in [0.3, 0.4) is 0 Å². The van der Waals surface area contributed by atoms with Crippen LogP contribution in [0.25, 0.3) is 0 Å². The predicted molar refractivity (Wildman–Crippen MR) is 74.1 cm³/mol. The van der Waals surface area contributed by atoms with E-state index in [1.165, 1.54) is 12.1 Å². The van der Waals surface area contributed by atoms with Crippen molar-refractivity contribution in [1.82, 2.24) is 0 Å². The molecule has 0 aliphatic carbocycles. The zero-order valence-electron chi connectivity index (χ0n) is 9.78. The largest absolute Gasteiger partial charge is 0.399 e. The second-order valence-electron chi connectivity index (χ2n) is 3.92. The summed E-state index contributed by atoms with van der Waals surface area (Å²) in [6.45, 7) is 0. The summed E-state index contributed by atoms with van der Waals surface area (Å²) in [4.78, 5) is 10.9. The number of rotatable bonds is 3. The number of nitrogens with one attached hydrogen (secondary N) is 1. The summed E-state index contributed by atoms with van der Waals surface area (Å²) in [5.41, 5.74) is 12.0. The lowest BCUT2D eigenvalue weighted by molar-refractivity contribution is 0.1000. The second kappa shape index (κ2) is 5.16. The lowest BCUT2D eigenvalue weighted by Crippen LogP contribution is -2.11. The van der Waals surface area contributed by atoms with Crippen molar-refractivity contribution in [3.05, 3.63) is 52.8 Å². The second-order valence-corrected chi connectivity index (χ2v) is 4.33. The lowest BCUT2D eigenvalue weighted by Gasteiger charge is -2.10. The minimum atomic E-state index is -0.688. The van der Waals surface area contributed by atoms with Crippen molar-refractivity contribution in [3.8, 4) is 0 Å². The van der Waals surface area contributed by atoms with E-state index in [9.17, 15) is 9.18 Å². The summed E-state index contributed by atoms with van der Waals surface area (Å²) in [5.74, 6) is -1.29. The highest BCUT2D eigenvalue weighted by molar-refractivity contribution is 6.33. The van der Waals surface area contributed by atoms with Crippen LogP contribution in [0.4, 0.5) is 21.5 Å². The molecule has 4 nitrogen and oxygen atoms in total. The molecule has 0 fully saturated rings. The third kappa shape index (κ3) is 2.95. The fourth-order valence-corrected chi connectivity index (χ4v) is 1.72. The SMILES string of the molecule is NC(=O)c1ccc(Nc2cc(N)ccc2Cl)c(F)c1. The van der Waals surface area contributed by atoms with Gasteiger partial charge in [-0.2, -0.15) is 0 Å². The number of nitrogen functional groups attached to an aromatic ring is 1. The van der Waals surface area contributed by atoms with Gasteiger partial charge in [-0.3, -0.25) is 4.79 Å². The number of primary amides is 1. The first-order valence-electron chi connectivity index (χ1n) is 5.39. The topological polar surface area (TPSA) is 81.1 Å². The molecule has 0 radical (unpaired) electrons. The van der Waals surface area contributed by atoms with Crippen LogP contribution in [0.5, 0.6) is 0 Å². The summed E-state index contributed by atoms with van der Waals surface area (Å²) in [6, 6.07) is 8.73. The van der Waals surface area contributed by atoms with Crippen molar-refractivity contribution < 1.29 is 9.18 Å². The number of anilines is 3. The standard InChI is InChI=1S/C13H11ClFN3O/c14-9-3-2-8(16)6-12(9)18-11-4-1-7(13(17)19)5-10(11)15/h1-6,18H,16H2,(H2,17,19). The van der Waals surface area contributed by atoms with Crippen LogP contribution >= 0.6 is 11.6 Å². The highest BCUT2D eigenvalue weighted by Crippen LogP contribution is 2.28. The van der Waals surface area contributed by atoms with E-state index in [1.54, 1.807) is 18.2 Å². The van der Waals surface area contributed by atoms with Gasteiger partial charge >= 0.3 is 0 Å². The van der Waals surface area contributed by atoms with Gasteiger partial charge in [0.15, 0.2) is 0 Å². The normalized spacial score (nSPS) is 10.2. The maximum Gasteiger partial charge on any atom is 0.248 e. The molecule has 0 aromatic heterocycles. The first-order chi connectivity index (χ1) is 8.97. The zero-order chi connectivity index (χ0) is 14.0.